The van der Waals surface area contributed by atoms with Crippen LogP contribution in [0.15, 0.2) is 36.4 Å². The third-order valence-electron chi connectivity index (χ3n) is 4.54. The van der Waals surface area contributed by atoms with E-state index < -0.39 is 12.0 Å². The summed E-state index contributed by atoms with van der Waals surface area (Å²) >= 11 is 0. The molecule has 1 unspecified atom stereocenters. The molecular weight excluding hydrogens is 324 g/mol. The summed E-state index contributed by atoms with van der Waals surface area (Å²) in [6.45, 7) is 4.69. The van der Waals surface area contributed by atoms with E-state index in [1.54, 1.807) is 18.1 Å². The second kappa shape index (κ2) is 6.78. The third kappa shape index (κ3) is 3.48. The predicted molar refractivity (Wildman–Crippen MR) is 94.5 cm³/mol. The fraction of sp³-hybridized carbons (Fsp3) is 0.368. The molecule has 2 heterocycles. The molecule has 6 heteroatoms. The van der Waals surface area contributed by atoms with E-state index in [9.17, 15) is 13.6 Å². The van der Waals surface area contributed by atoms with Crippen LogP contribution >= 0.6 is 0 Å². The quantitative estimate of drug-likeness (QED) is 0.845. The minimum Gasteiger partial charge on any atom is -0.344 e. The van der Waals surface area contributed by atoms with Crippen molar-refractivity contribution in [3.8, 4) is 0 Å². The van der Waals surface area contributed by atoms with E-state index in [4.69, 9.17) is 0 Å². The van der Waals surface area contributed by atoms with Gasteiger partial charge >= 0.3 is 0 Å². The summed E-state index contributed by atoms with van der Waals surface area (Å²) in [5, 5.41) is 0. The molecule has 0 bridgehead atoms. The van der Waals surface area contributed by atoms with Crippen LogP contribution in [0.5, 0.6) is 0 Å². The van der Waals surface area contributed by atoms with Crippen LogP contribution < -0.4 is 0 Å². The molecule has 2 aromatic heterocycles. The van der Waals surface area contributed by atoms with Crippen molar-refractivity contribution in [2.24, 2.45) is 0 Å². The highest BCUT2D eigenvalue weighted by atomic mass is 19.1. The molecule has 0 fully saturated rings. The van der Waals surface area contributed by atoms with Crippen LogP contribution in [0.25, 0.3) is 16.6 Å². The molecule has 0 N–H and O–H groups in total. The highest BCUT2D eigenvalue weighted by molar-refractivity contribution is 5.86. The van der Waals surface area contributed by atoms with Crippen molar-refractivity contribution in [1.82, 2.24) is 14.5 Å². The first-order valence-electron chi connectivity index (χ1n) is 8.30. The lowest BCUT2D eigenvalue weighted by Crippen LogP contribution is -2.29. The monoisotopic (exact) mass is 345 g/mol. The van der Waals surface area contributed by atoms with Gasteiger partial charge in [-0.25, -0.2) is 8.78 Å². The largest absolute Gasteiger partial charge is 0.344 e. The zero-order valence-electron chi connectivity index (χ0n) is 14.6. The van der Waals surface area contributed by atoms with Crippen LogP contribution in [-0.4, -0.2) is 40.1 Å². The smallest absolute Gasteiger partial charge is 0.242 e. The molecule has 1 aliphatic carbocycles. The summed E-state index contributed by atoms with van der Waals surface area (Å²) in [5.74, 6) is -0.570. The topological polar surface area (TPSA) is 38.1 Å². The average Bonchev–Trinajstić information content (AvgIpc) is 2.88. The highest BCUT2D eigenvalue weighted by Gasteiger charge is 2.18. The normalized spacial score (nSPS) is 17.4. The van der Waals surface area contributed by atoms with Gasteiger partial charge in [0.05, 0.1) is 11.0 Å². The molecule has 0 saturated carbocycles. The minimum absolute atomic E-state index is 0.000477. The molecule has 0 spiro atoms. The van der Waals surface area contributed by atoms with Gasteiger partial charge < -0.3 is 9.47 Å². The van der Waals surface area contributed by atoms with Gasteiger partial charge in [-0.15, -0.1) is 0 Å². The van der Waals surface area contributed by atoms with Gasteiger partial charge in [0, 0.05) is 32.4 Å². The lowest BCUT2D eigenvalue weighted by molar-refractivity contribution is -0.130. The zero-order chi connectivity index (χ0) is 18.1. The standard InChI is InChI=1S/C19H21F2N3O/c1-4-23(3)18(25)11-24-10-12(2)19-17(24)7-14(9-22-19)13-5-15(20)8-16(21)6-13/h5,7-10,16H,4,6,11H2,1-3H3. The molecular formula is C19H21F2N3O. The second-order valence-electron chi connectivity index (χ2n) is 6.38. The van der Waals surface area contributed by atoms with Gasteiger partial charge in [0.15, 0.2) is 0 Å². The van der Waals surface area contributed by atoms with Crippen LogP contribution in [0, 0.1) is 6.92 Å². The van der Waals surface area contributed by atoms with E-state index in [1.165, 1.54) is 6.08 Å². The Labute approximate surface area is 145 Å². The van der Waals surface area contributed by atoms with Crippen LogP contribution in [0.2, 0.25) is 0 Å². The SMILES string of the molecule is CCN(C)C(=O)Cn1cc(C)c2ncc(C3=CC(F)=CC(F)C3)cc21. The van der Waals surface area contributed by atoms with Crippen molar-refractivity contribution < 1.29 is 13.6 Å². The molecule has 1 aliphatic rings. The van der Waals surface area contributed by atoms with E-state index in [0.29, 0.717) is 17.7 Å². The summed E-state index contributed by atoms with van der Waals surface area (Å²) in [6, 6.07) is 1.85. The van der Waals surface area contributed by atoms with Gasteiger partial charge in [-0.2, -0.15) is 0 Å². The summed E-state index contributed by atoms with van der Waals surface area (Å²) in [4.78, 5) is 18.3. The van der Waals surface area contributed by atoms with Gasteiger partial charge in [0.25, 0.3) is 0 Å². The van der Waals surface area contributed by atoms with E-state index in [1.807, 2.05) is 30.7 Å². The Hall–Kier alpha value is -2.50. The number of likely N-dealkylation sites (N-methyl/N-ethyl adjacent to an activating group) is 1. The Balaban J connectivity index is 2.01. The van der Waals surface area contributed by atoms with Crippen molar-refractivity contribution in [1.29, 1.82) is 0 Å². The number of aryl methyl sites for hydroxylation is 1. The molecule has 1 amide bonds. The Morgan fingerprint density at radius 1 is 1.48 bits per heavy atom. The first-order chi connectivity index (χ1) is 11.9. The second-order valence-corrected chi connectivity index (χ2v) is 6.38. The summed E-state index contributed by atoms with van der Waals surface area (Å²) in [7, 11) is 1.76. The van der Waals surface area contributed by atoms with Crippen molar-refractivity contribution in [2.75, 3.05) is 13.6 Å². The number of hydrogen-bond acceptors (Lipinski definition) is 2. The Morgan fingerprint density at radius 3 is 2.92 bits per heavy atom. The number of carbonyl (C=O) groups is 1. The maximum Gasteiger partial charge on any atom is 0.242 e. The number of nitrogens with zero attached hydrogens (tertiary/aromatic N) is 3. The first-order valence-corrected chi connectivity index (χ1v) is 8.30. The number of alkyl halides is 1. The van der Waals surface area contributed by atoms with E-state index in [2.05, 4.69) is 4.98 Å². The molecule has 0 saturated heterocycles. The lowest BCUT2D eigenvalue weighted by atomic mass is 9.97. The molecule has 132 valence electrons. The molecule has 0 aromatic carbocycles. The number of pyridine rings is 1. The molecule has 2 aromatic rings. The predicted octanol–water partition coefficient (Wildman–Crippen LogP) is 3.80. The average molecular weight is 345 g/mol. The lowest BCUT2D eigenvalue weighted by Gasteiger charge is -2.16. The van der Waals surface area contributed by atoms with Gasteiger partial charge in [-0.3, -0.25) is 9.78 Å². The summed E-state index contributed by atoms with van der Waals surface area (Å²) < 4.78 is 29.0. The number of amides is 1. The van der Waals surface area contributed by atoms with Gasteiger partial charge in [-0.1, -0.05) is 0 Å². The van der Waals surface area contributed by atoms with Crippen molar-refractivity contribution >= 4 is 22.5 Å². The van der Waals surface area contributed by atoms with Crippen molar-refractivity contribution in [3.63, 3.8) is 0 Å². The Kier molecular flexibility index (Phi) is 4.70. The molecule has 25 heavy (non-hydrogen) atoms. The van der Waals surface area contributed by atoms with E-state index in [0.717, 1.165) is 22.7 Å². The maximum absolute atomic E-state index is 13.6. The number of allylic oxidation sites excluding steroid dienone is 4. The van der Waals surface area contributed by atoms with Crippen LogP contribution in [0.4, 0.5) is 8.78 Å². The fourth-order valence-corrected chi connectivity index (χ4v) is 3.01. The van der Waals surface area contributed by atoms with E-state index in [-0.39, 0.29) is 18.9 Å². The number of rotatable bonds is 4. The zero-order valence-corrected chi connectivity index (χ0v) is 14.6. The third-order valence-corrected chi connectivity index (χ3v) is 4.54. The maximum atomic E-state index is 13.6. The van der Waals surface area contributed by atoms with Crippen molar-refractivity contribution in [2.45, 2.75) is 33.0 Å². The number of carbonyl (C=O) groups excluding carboxylic acids is 1. The fourth-order valence-electron chi connectivity index (χ4n) is 3.01. The van der Waals surface area contributed by atoms with Crippen LogP contribution in [0.1, 0.15) is 24.5 Å². The number of hydrogen-bond donors (Lipinski definition) is 0. The summed E-state index contributed by atoms with van der Waals surface area (Å²) in [5.41, 5.74) is 3.79. The Bertz CT molecular complexity index is 882. The van der Waals surface area contributed by atoms with Crippen LogP contribution in [0.3, 0.4) is 0 Å². The molecule has 0 aliphatic heterocycles. The van der Waals surface area contributed by atoms with Gasteiger partial charge in [0.2, 0.25) is 5.91 Å². The molecule has 1 atom stereocenters. The van der Waals surface area contributed by atoms with Crippen molar-refractivity contribution in [3.05, 3.63) is 47.6 Å². The molecule has 3 rings (SSSR count). The molecule has 4 nitrogen and oxygen atoms in total. The number of halogens is 2. The highest BCUT2D eigenvalue weighted by Crippen LogP contribution is 2.30. The number of fused-ring (bicyclic) bond motifs is 1. The number of aromatic nitrogens is 2. The van der Waals surface area contributed by atoms with Crippen LogP contribution in [-0.2, 0) is 11.3 Å². The van der Waals surface area contributed by atoms with Gasteiger partial charge in [-0.05, 0) is 48.8 Å². The Morgan fingerprint density at radius 2 is 2.24 bits per heavy atom. The summed E-state index contributed by atoms with van der Waals surface area (Å²) in [6.07, 6.45) is 4.63. The minimum atomic E-state index is -1.33. The van der Waals surface area contributed by atoms with E-state index >= 15 is 0 Å². The first kappa shape index (κ1) is 17.3. The molecule has 0 radical (unpaired) electrons. The van der Waals surface area contributed by atoms with Gasteiger partial charge in [0.1, 0.15) is 18.5 Å².